The van der Waals surface area contributed by atoms with E-state index in [1.54, 1.807) is 21.6 Å². The van der Waals surface area contributed by atoms with Gasteiger partial charge in [0.05, 0.1) is 4.88 Å². The molecule has 0 saturated heterocycles. The molecule has 0 saturated carbocycles. The molecule has 0 unspecified atom stereocenters. The topological polar surface area (TPSA) is 53.4 Å². The van der Waals surface area contributed by atoms with E-state index in [1.807, 2.05) is 24.4 Å². The molecular formula is C13H16N2O2S2. The molecule has 0 aliphatic carbocycles. The van der Waals surface area contributed by atoms with Gasteiger partial charge in [-0.1, -0.05) is 6.07 Å². The summed E-state index contributed by atoms with van der Waals surface area (Å²) in [7, 11) is 0. The predicted octanol–water partition coefficient (Wildman–Crippen LogP) is 2.72. The van der Waals surface area contributed by atoms with E-state index < -0.39 is 0 Å². The first kappa shape index (κ1) is 14.2. The summed E-state index contributed by atoms with van der Waals surface area (Å²) in [6.07, 6.45) is 0.599. The van der Waals surface area contributed by atoms with Gasteiger partial charge in [-0.25, -0.2) is 4.98 Å². The number of amides is 1. The van der Waals surface area contributed by atoms with Crippen LogP contribution in [0.2, 0.25) is 0 Å². The third-order valence-corrected chi connectivity index (χ3v) is 4.59. The minimum atomic E-state index is -0.0602. The van der Waals surface area contributed by atoms with Crippen molar-refractivity contribution in [3.63, 3.8) is 0 Å². The second-order valence-electron chi connectivity index (χ2n) is 3.98. The molecular weight excluding hydrogens is 280 g/mol. The van der Waals surface area contributed by atoms with Crippen LogP contribution in [0.25, 0.3) is 9.88 Å². The summed E-state index contributed by atoms with van der Waals surface area (Å²) in [6.45, 7) is 3.23. The molecule has 102 valence electrons. The van der Waals surface area contributed by atoms with Crippen LogP contribution in [0.5, 0.6) is 0 Å². The van der Waals surface area contributed by atoms with E-state index in [0.29, 0.717) is 25.2 Å². The number of hydrogen-bond acceptors (Lipinski definition) is 5. The van der Waals surface area contributed by atoms with Gasteiger partial charge in [0.25, 0.3) is 5.91 Å². The van der Waals surface area contributed by atoms with E-state index >= 15 is 0 Å². The second-order valence-corrected chi connectivity index (χ2v) is 5.78. The van der Waals surface area contributed by atoms with Crippen LogP contribution in [-0.4, -0.2) is 40.6 Å². The lowest BCUT2D eigenvalue weighted by molar-refractivity contribution is 0.0749. The number of thiophene rings is 1. The first-order valence-electron chi connectivity index (χ1n) is 6.15. The molecule has 19 heavy (non-hydrogen) atoms. The first-order chi connectivity index (χ1) is 9.26. The number of aliphatic hydroxyl groups is 1. The lowest BCUT2D eigenvalue weighted by Crippen LogP contribution is -2.32. The number of carbonyl (C=O) groups is 1. The van der Waals surface area contributed by atoms with E-state index in [1.165, 1.54) is 11.3 Å². The van der Waals surface area contributed by atoms with E-state index in [9.17, 15) is 4.79 Å². The van der Waals surface area contributed by atoms with E-state index in [0.717, 1.165) is 9.88 Å². The van der Waals surface area contributed by atoms with Gasteiger partial charge < -0.3 is 10.0 Å². The Balaban J connectivity index is 2.11. The number of rotatable bonds is 6. The molecule has 0 spiro atoms. The van der Waals surface area contributed by atoms with E-state index in [4.69, 9.17) is 5.11 Å². The average Bonchev–Trinajstić information content (AvgIpc) is 3.10. The molecule has 0 atom stereocenters. The third-order valence-electron chi connectivity index (χ3n) is 2.71. The fraction of sp³-hybridized carbons (Fsp3) is 0.385. The maximum Gasteiger partial charge on any atom is 0.273 e. The summed E-state index contributed by atoms with van der Waals surface area (Å²) in [6, 6.07) is 3.98. The van der Waals surface area contributed by atoms with Crippen LogP contribution in [0, 0.1) is 0 Å². The first-order valence-corrected chi connectivity index (χ1v) is 7.91. The lowest BCUT2D eigenvalue weighted by atomic mass is 10.3. The molecule has 0 aromatic carbocycles. The molecule has 1 amide bonds. The number of carbonyl (C=O) groups excluding carboxylic acids is 1. The van der Waals surface area contributed by atoms with E-state index in [-0.39, 0.29) is 12.5 Å². The van der Waals surface area contributed by atoms with Gasteiger partial charge in [0.2, 0.25) is 0 Å². The third kappa shape index (κ3) is 3.40. The Morgan fingerprint density at radius 1 is 1.47 bits per heavy atom. The van der Waals surface area contributed by atoms with E-state index in [2.05, 4.69) is 4.98 Å². The highest BCUT2D eigenvalue weighted by Gasteiger charge is 2.17. The zero-order chi connectivity index (χ0) is 13.7. The average molecular weight is 296 g/mol. The lowest BCUT2D eigenvalue weighted by Gasteiger charge is -2.18. The van der Waals surface area contributed by atoms with Crippen LogP contribution in [0.4, 0.5) is 0 Å². The maximum atomic E-state index is 12.3. The highest BCUT2D eigenvalue weighted by atomic mass is 32.1. The number of hydrogen-bond donors (Lipinski definition) is 1. The second kappa shape index (κ2) is 6.79. The fourth-order valence-corrected chi connectivity index (χ4v) is 3.32. The van der Waals surface area contributed by atoms with Crippen LogP contribution in [-0.2, 0) is 0 Å². The quantitative estimate of drug-likeness (QED) is 0.891. The minimum Gasteiger partial charge on any atom is -0.396 e. The predicted molar refractivity (Wildman–Crippen MR) is 78.7 cm³/mol. The van der Waals surface area contributed by atoms with Gasteiger partial charge in [0, 0.05) is 25.1 Å². The molecule has 2 heterocycles. The zero-order valence-electron chi connectivity index (χ0n) is 10.7. The SMILES string of the molecule is CCN(CCCO)C(=O)c1csc(-c2cccs2)n1. The molecule has 6 heteroatoms. The van der Waals surface area contributed by atoms with Gasteiger partial charge in [-0.05, 0) is 24.8 Å². The van der Waals surface area contributed by atoms with Crippen molar-refractivity contribution < 1.29 is 9.90 Å². The summed E-state index contributed by atoms with van der Waals surface area (Å²) in [5.41, 5.74) is 0.494. The van der Waals surface area contributed by atoms with Crippen molar-refractivity contribution in [2.75, 3.05) is 19.7 Å². The monoisotopic (exact) mass is 296 g/mol. The van der Waals surface area contributed by atoms with Crippen molar-refractivity contribution in [2.45, 2.75) is 13.3 Å². The molecule has 1 N–H and O–H groups in total. The van der Waals surface area contributed by atoms with Crippen molar-refractivity contribution in [2.24, 2.45) is 0 Å². The molecule has 4 nitrogen and oxygen atoms in total. The Bertz CT molecular complexity index is 522. The maximum absolute atomic E-state index is 12.3. The smallest absolute Gasteiger partial charge is 0.273 e. The van der Waals surface area contributed by atoms with Crippen molar-refractivity contribution in [1.29, 1.82) is 0 Å². The van der Waals surface area contributed by atoms with Gasteiger partial charge in [-0.15, -0.1) is 22.7 Å². The normalized spacial score (nSPS) is 10.6. The van der Waals surface area contributed by atoms with Gasteiger partial charge in [-0.3, -0.25) is 4.79 Å². The van der Waals surface area contributed by atoms with Crippen molar-refractivity contribution in [1.82, 2.24) is 9.88 Å². The highest BCUT2D eigenvalue weighted by Crippen LogP contribution is 2.28. The van der Waals surface area contributed by atoms with Crippen LogP contribution in [0.15, 0.2) is 22.9 Å². The number of nitrogens with zero attached hydrogens (tertiary/aromatic N) is 2. The molecule has 0 fully saturated rings. The Morgan fingerprint density at radius 2 is 2.32 bits per heavy atom. The van der Waals surface area contributed by atoms with Crippen LogP contribution < -0.4 is 0 Å². The summed E-state index contributed by atoms with van der Waals surface area (Å²) in [5.74, 6) is -0.0602. The number of aliphatic hydroxyl groups excluding tert-OH is 1. The molecule has 0 aliphatic heterocycles. The van der Waals surface area contributed by atoms with Gasteiger partial charge in [-0.2, -0.15) is 0 Å². The summed E-state index contributed by atoms with van der Waals surface area (Å²) in [4.78, 5) is 19.5. The molecule has 0 radical (unpaired) electrons. The summed E-state index contributed by atoms with van der Waals surface area (Å²) >= 11 is 3.11. The molecule has 2 aromatic rings. The van der Waals surface area contributed by atoms with Crippen molar-refractivity contribution >= 4 is 28.6 Å². The summed E-state index contributed by atoms with van der Waals surface area (Å²) < 4.78 is 0. The van der Waals surface area contributed by atoms with Crippen molar-refractivity contribution in [3.05, 3.63) is 28.6 Å². The van der Waals surface area contributed by atoms with Gasteiger partial charge in [0.15, 0.2) is 0 Å². The number of thiazole rings is 1. The molecule has 0 aliphatic rings. The highest BCUT2D eigenvalue weighted by molar-refractivity contribution is 7.20. The van der Waals surface area contributed by atoms with Crippen molar-refractivity contribution in [3.8, 4) is 9.88 Å². The zero-order valence-corrected chi connectivity index (χ0v) is 12.3. The molecule has 2 aromatic heterocycles. The summed E-state index contributed by atoms with van der Waals surface area (Å²) in [5, 5.41) is 13.5. The van der Waals surface area contributed by atoms with Crippen LogP contribution in [0.1, 0.15) is 23.8 Å². The Morgan fingerprint density at radius 3 is 2.95 bits per heavy atom. The Labute approximate surface area is 120 Å². The van der Waals surface area contributed by atoms with Crippen LogP contribution in [0.3, 0.4) is 0 Å². The van der Waals surface area contributed by atoms with Crippen LogP contribution >= 0.6 is 22.7 Å². The molecule has 0 bridgehead atoms. The largest absolute Gasteiger partial charge is 0.396 e. The molecule has 2 rings (SSSR count). The number of aromatic nitrogens is 1. The Hall–Kier alpha value is -1.24. The van der Waals surface area contributed by atoms with Gasteiger partial charge >= 0.3 is 0 Å². The minimum absolute atomic E-state index is 0.0602. The van der Waals surface area contributed by atoms with Gasteiger partial charge in [0.1, 0.15) is 10.7 Å². The fourth-order valence-electron chi connectivity index (χ4n) is 1.71. The Kier molecular flexibility index (Phi) is 5.07. The standard InChI is InChI=1S/C13H16N2O2S2/c1-2-15(6-4-7-16)13(17)10-9-19-12(14-10)11-5-3-8-18-11/h3,5,8-9,16H,2,4,6-7H2,1H3.